The van der Waals surface area contributed by atoms with Crippen molar-refractivity contribution in [3.63, 3.8) is 0 Å². The summed E-state index contributed by atoms with van der Waals surface area (Å²) >= 11 is 8.95. The van der Waals surface area contributed by atoms with E-state index in [9.17, 15) is 12.8 Å². The molecule has 0 amide bonds. The van der Waals surface area contributed by atoms with Gasteiger partial charge in [-0.05, 0) is 45.8 Å². The fourth-order valence-electron chi connectivity index (χ4n) is 1.81. The van der Waals surface area contributed by atoms with Crippen LogP contribution in [0.5, 0.6) is 0 Å². The molecule has 0 aliphatic heterocycles. The van der Waals surface area contributed by atoms with Crippen LogP contribution in [-0.4, -0.2) is 15.5 Å². The minimum atomic E-state index is -3.89. The predicted octanol–water partition coefficient (Wildman–Crippen LogP) is 4.15. The average molecular weight is 393 g/mol. The second-order valence-electron chi connectivity index (χ2n) is 4.32. The van der Waals surface area contributed by atoms with E-state index < -0.39 is 15.8 Å². The van der Waals surface area contributed by atoms with Crippen molar-refractivity contribution in [2.24, 2.45) is 0 Å². The maximum Gasteiger partial charge on any atom is 0.265 e. The number of sulfonamides is 1. The quantitative estimate of drug-likeness (QED) is 0.733. The lowest BCUT2D eigenvalue weighted by atomic mass is 10.2. The molecule has 0 N–H and O–H groups in total. The highest BCUT2D eigenvalue weighted by Crippen LogP contribution is 2.30. The molecule has 7 heteroatoms. The number of halogens is 3. The number of hydrogen-bond donors (Lipinski definition) is 0. The molecule has 0 heterocycles. The van der Waals surface area contributed by atoms with Gasteiger partial charge in [0.15, 0.2) is 0 Å². The zero-order valence-corrected chi connectivity index (χ0v) is 14.2. The van der Waals surface area contributed by atoms with E-state index in [1.54, 1.807) is 18.2 Å². The topological polar surface area (TPSA) is 37.4 Å². The van der Waals surface area contributed by atoms with Crippen molar-refractivity contribution in [3.05, 3.63) is 58.3 Å². The summed E-state index contributed by atoms with van der Waals surface area (Å²) in [5.74, 6) is -0.410. The molecule has 2 aromatic rings. The summed E-state index contributed by atoms with van der Waals surface area (Å²) < 4.78 is 40.4. The van der Waals surface area contributed by atoms with Gasteiger partial charge in [-0.15, -0.1) is 11.6 Å². The zero-order valence-electron chi connectivity index (χ0n) is 11.1. The summed E-state index contributed by atoms with van der Waals surface area (Å²) in [5.41, 5.74) is 0.654. The minimum absolute atomic E-state index is 0.0133. The van der Waals surface area contributed by atoms with E-state index in [-0.39, 0.29) is 16.5 Å². The predicted molar refractivity (Wildman–Crippen MR) is 85.7 cm³/mol. The third-order valence-electron chi connectivity index (χ3n) is 2.98. The van der Waals surface area contributed by atoms with Crippen molar-refractivity contribution in [1.82, 2.24) is 0 Å². The Labute approximate surface area is 136 Å². The van der Waals surface area contributed by atoms with Crippen LogP contribution in [0.1, 0.15) is 5.56 Å². The Morgan fingerprint density at radius 1 is 1.24 bits per heavy atom. The fraction of sp³-hybridized carbons (Fsp3) is 0.143. The van der Waals surface area contributed by atoms with E-state index in [2.05, 4.69) is 15.9 Å². The van der Waals surface area contributed by atoms with Crippen molar-refractivity contribution < 1.29 is 12.8 Å². The van der Waals surface area contributed by atoms with Crippen LogP contribution in [-0.2, 0) is 15.9 Å². The molecular weight excluding hydrogens is 381 g/mol. The first kappa shape index (κ1) is 16.3. The van der Waals surface area contributed by atoms with Gasteiger partial charge in [0.1, 0.15) is 10.7 Å². The van der Waals surface area contributed by atoms with Crippen LogP contribution in [0.2, 0.25) is 0 Å². The summed E-state index contributed by atoms with van der Waals surface area (Å²) in [7, 11) is -2.58. The molecule has 3 nitrogen and oxygen atoms in total. The second-order valence-corrected chi connectivity index (χ2v) is 7.38. The standard InChI is InChI=1S/C14H12BrClFNO2S/c1-18(13-5-3-2-4-12(13)17)21(19,20)14-8-10(9-16)6-7-11(14)15/h2-8H,9H2,1H3. The van der Waals surface area contributed by atoms with Crippen molar-refractivity contribution in [1.29, 1.82) is 0 Å². The van der Waals surface area contributed by atoms with Crippen molar-refractivity contribution >= 4 is 43.2 Å². The SMILES string of the molecule is CN(c1ccccc1F)S(=O)(=O)c1cc(CCl)ccc1Br. The molecule has 0 aromatic heterocycles. The van der Waals surface area contributed by atoms with E-state index >= 15 is 0 Å². The van der Waals surface area contributed by atoms with Gasteiger partial charge < -0.3 is 0 Å². The molecule has 0 spiro atoms. The number of benzene rings is 2. The van der Waals surface area contributed by atoms with E-state index in [0.29, 0.717) is 10.0 Å². The van der Waals surface area contributed by atoms with Gasteiger partial charge in [0, 0.05) is 17.4 Å². The van der Waals surface area contributed by atoms with Crippen LogP contribution in [0.15, 0.2) is 51.8 Å². The normalized spacial score (nSPS) is 11.4. The lowest BCUT2D eigenvalue weighted by molar-refractivity contribution is 0.589. The molecule has 2 rings (SSSR count). The van der Waals surface area contributed by atoms with Gasteiger partial charge in [-0.3, -0.25) is 4.31 Å². The summed E-state index contributed by atoms with van der Waals surface area (Å²) in [6.45, 7) is 0. The molecule has 0 radical (unpaired) electrons. The fourth-order valence-corrected chi connectivity index (χ4v) is 4.16. The molecule has 0 aliphatic rings. The highest BCUT2D eigenvalue weighted by atomic mass is 79.9. The molecule has 2 aromatic carbocycles. The lowest BCUT2D eigenvalue weighted by Gasteiger charge is -2.21. The molecule has 21 heavy (non-hydrogen) atoms. The average Bonchev–Trinajstić information content (AvgIpc) is 2.47. The van der Waals surface area contributed by atoms with Crippen LogP contribution in [0.25, 0.3) is 0 Å². The van der Waals surface area contributed by atoms with Gasteiger partial charge >= 0.3 is 0 Å². The van der Waals surface area contributed by atoms with Gasteiger partial charge in [-0.1, -0.05) is 18.2 Å². The third-order valence-corrected chi connectivity index (χ3v) is 6.05. The zero-order chi connectivity index (χ0) is 15.6. The molecule has 0 atom stereocenters. The van der Waals surface area contributed by atoms with Crippen LogP contribution in [0, 0.1) is 5.82 Å². The van der Waals surface area contributed by atoms with Crippen molar-refractivity contribution in [2.75, 3.05) is 11.4 Å². The smallest absolute Gasteiger partial charge is 0.265 e. The first-order chi connectivity index (χ1) is 9.87. The summed E-state index contributed by atoms with van der Waals surface area (Å²) in [6.07, 6.45) is 0. The number of alkyl halides is 1. The van der Waals surface area contributed by atoms with E-state index in [1.807, 2.05) is 0 Å². The van der Waals surface area contributed by atoms with Gasteiger partial charge in [0.05, 0.1) is 5.69 Å². The van der Waals surface area contributed by atoms with E-state index in [1.165, 1.54) is 31.3 Å². The van der Waals surface area contributed by atoms with Crippen molar-refractivity contribution in [2.45, 2.75) is 10.8 Å². The molecule has 112 valence electrons. The maximum atomic E-state index is 13.8. The molecule has 0 fully saturated rings. The van der Waals surface area contributed by atoms with Gasteiger partial charge in [-0.25, -0.2) is 12.8 Å². The minimum Gasteiger partial charge on any atom is -0.266 e. The van der Waals surface area contributed by atoms with Crippen LogP contribution in [0.4, 0.5) is 10.1 Å². The monoisotopic (exact) mass is 391 g/mol. The number of rotatable bonds is 4. The molecule has 0 saturated carbocycles. The summed E-state index contributed by atoms with van der Waals surface area (Å²) in [5, 5.41) is 0. The largest absolute Gasteiger partial charge is 0.266 e. The van der Waals surface area contributed by atoms with Gasteiger partial charge in [0.2, 0.25) is 0 Å². The highest BCUT2D eigenvalue weighted by Gasteiger charge is 2.25. The molecule has 0 aliphatic carbocycles. The Hall–Kier alpha value is -1.11. The van der Waals surface area contributed by atoms with E-state index in [0.717, 1.165) is 4.31 Å². The van der Waals surface area contributed by atoms with Gasteiger partial charge in [0.25, 0.3) is 10.0 Å². The first-order valence-corrected chi connectivity index (χ1v) is 8.72. The number of anilines is 1. The van der Waals surface area contributed by atoms with Crippen molar-refractivity contribution in [3.8, 4) is 0 Å². The lowest BCUT2D eigenvalue weighted by Crippen LogP contribution is -2.27. The molecule has 0 unspecified atom stereocenters. The van der Waals surface area contributed by atoms with Crippen LogP contribution < -0.4 is 4.31 Å². The Morgan fingerprint density at radius 3 is 2.52 bits per heavy atom. The number of para-hydroxylation sites is 1. The molecular formula is C14H12BrClFNO2S. The van der Waals surface area contributed by atoms with E-state index in [4.69, 9.17) is 11.6 Å². The second kappa shape index (κ2) is 6.34. The Bertz CT molecular complexity index is 767. The summed E-state index contributed by atoms with van der Waals surface area (Å²) in [6, 6.07) is 10.5. The van der Waals surface area contributed by atoms with Crippen LogP contribution >= 0.6 is 27.5 Å². The number of nitrogens with zero attached hydrogens (tertiary/aromatic N) is 1. The highest BCUT2D eigenvalue weighted by molar-refractivity contribution is 9.10. The van der Waals surface area contributed by atoms with Gasteiger partial charge in [-0.2, -0.15) is 0 Å². The maximum absolute atomic E-state index is 13.8. The third kappa shape index (κ3) is 3.22. The van der Waals surface area contributed by atoms with Crippen LogP contribution in [0.3, 0.4) is 0 Å². The Morgan fingerprint density at radius 2 is 1.90 bits per heavy atom. The summed E-state index contributed by atoms with van der Waals surface area (Å²) in [4.78, 5) is 0.0476. The molecule has 0 bridgehead atoms. The first-order valence-electron chi connectivity index (χ1n) is 5.96. The Balaban J connectivity index is 2.54. The Kier molecular flexibility index (Phi) is 4.91. The number of hydrogen-bond acceptors (Lipinski definition) is 2. The molecule has 0 saturated heterocycles.